The zero-order chi connectivity index (χ0) is 14.3. The molecule has 0 unspecified atom stereocenters. The number of hydrogen-bond donors (Lipinski definition) is 0. The van der Waals surface area contributed by atoms with Crippen molar-refractivity contribution >= 4 is 17.4 Å². The van der Waals surface area contributed by atoms with E-state index >= 15 is 0 Å². The molecule has 0 aliphatic rings. The molecule has 0 fully saturated rings. The Morgan fingerprint density at radius 2 is 2.00 bits per heavy atom. The molecule has 0 aliphatic carbocycles. The highest BCUT2D eigenvalue weighted by atomic mass is 35.5. The Morgan fingerprint density at radius 3 is 2.65 bits per heavy atom. The predicted molar refractivity (Wildman–Crippen MR) is 64.0 cm³/mol. The van der Waals surface area contributed by atoms with Gasteiger partial charge in [-0.3, -0.25) is 4.98 Å². The lowest BCUT2D eigenvalue weighted by molar-refractivity contribution is -0.137. The first-order valence-corrected chi connectivity index (χ1v) is 5.73. The summed E-state index contributed by atoms with van der Waals surface area (Å²) in [5, 5.41) is 3.88. The molecule has 3 heterocycles. The Morgan fingerprint density at radius 1 is 1.20 bits per heavy atom. The van der Waals surface area contributed by atoms with Crippen LogP contribution in [0.3, 0.4) is 0 Å². The van der Waals surface area contributed by atoms with Crippen LogP contribution < -0.4 is 0 Å². The number of aromatic nitrogens is 5. The summed E-state index contributed by atoms with van der Waals surface area (Å²) in [5.74, 6) is 0.419. The monoisotopic (exact) mass is 299 g/mol. The number of halogens is 4. The summed E-state index contributed by atoms with van der Waals surface area (Å²) in [6.45, 7) is 0. The zero-order valence-corrected chi connectivity index (χ0v) is 10.4. The second kappa shape index (κ2) is 4.41. The SMILES string of the molecule is FC(F)(F)c1cnc(-c2nc3ncccn3n2)c(Cl)c1. The van der Waals surface area contributed by atoms with Crippen LogP contribution in [0, 0.1) is 0 Å². The van der Waals surface area contributed by atoms with E-state index < -0.39 is 11.7 Å². The van der Waals surface area contributed by atoms with Gasteiger partial charge in [0.25, 0.3) is 5.78 Å². The van der Waals surface area contributed by atoms with Crippen molar-refractivity contribution in [1.82, 2.24) is 24.6 Å². The molecule has 3 rings (SSSR count). The highest BCUT2D eigenvalue weighted by Gasteiger charge is 2.32. The van der Waals surface area contributed by atoms with Crippen LogP contribution in [0.4, 0.5) is 13.2 Å². The van der Waals surface area contributed by atoms with Crippen LogP contribution in [0.15, 0.2) is 30.7 Å². The number of fused-ring (bicyclic) bond motifs is 1. The number of alkyl halides is 3. The number of rotatable bonds is 1. The standard InChI is InChI=1S/C11H5ClF3N5/c12-7-4-6(11(13,14)15)5-17-8(7)9-18-10-16-2-1-3-20(10)19-9/h1-5H. The Kier molecular flexibility index (Phi) is 2.82. The van der Waals surface area contributed by atoms with Crippen molar-refractivity contribution in [3.05, 3.63) is 41.3 Å². The maximum Gasteiger partial charge on any atom is 0.417 e. The second-order valence-electron chi connectivity index (χ2n) is 3.85. The molecule has 3 aromatic rings. The minimum absolute atomic E-state index is 0.0742. The van der Waals surface area contributed by atoms with E-state index in [9.17, 15) is 13.2 Å². The molecule has 0 amide bonds. The van der Waals surface area contributed by atoms with Crippen LogP contribution in [0.2, 0.25) is 5.02 Å². The molecular weight excluding hydrogens is 295 g/mol. The third kappa shape index (κ3) is 2.18. The van der Waals surface area contributed by atoms with Crippen LogP contribution in [-0.4, -0.2) is 24.6 Å². The van der Waals surface area contributed by atoms with Crippen LogP contribution >= 0.6 is 11.6 Å². The summed E-state index contributed by atoms with van der Waals surface area (Å²) in [7, 11) is 0. The predicted octanol–water partition coefficient (Wildman–Crippen LogP) is 2.86. The summed E-state index contributed by atoms with van der Waals surface area (Å²) < 4.78 is 39.0. The lowest BCUT2D eigenvalue weighted by Gasteiger charge is -2.07. The molecule has 0 aromatic carbocycles. The Bertz CT molecular complexity index is 750. The van der Waals surface area contributed by atoms with Crippen molar-refractivity contribution in [2.75, 3.05) is 0 Å². The van der Waals surface area contributed by atoms with E-state index in [4.69, 9.17) is 11.6 Å². The van der Waals surface area contributed by atoms with Gasteiger partial charge in [-0.1, -0.05) is 11.6 Å². The summed E-state index contributed by atoms with van der Waals surface area (Å²) >= 11 is 5.83. The highest BCUT2D eigenvalue weighted by molar-refractivity contribution is 6.32. The molecule has 3 aromatic heterocycles. The van der Waals surface area contributed by atoms with Gasteiger partial charge in [0.05, 0.1) is 10.6 Å². The van der Waals surface area contributed by atoms with Gasteiger partial charge in [-0.05, 0) is 12.1 Å². The van der Waals surface area contributed by atoms with Gasteiger partial charge in [0, 0.05) is 18.6 Å². The quantitative estimate of drug-likeness (QED) is 0.693. The van der Waals surface area contributed by atoms with Crippen LogP contribution in [-0.2, 0) is 6.18 Å². The smallest absolute Gasteiger partial charge is 0.251 e. The van der Waals surface area contributed by atoms with Gasteiger partial charge in [-0.15, -0.1) is 5.10 Å². The number of hydrogen-bond acceptors (Lipinski definition) is 4. The van der Waals surface area contributed by atoms with Crippen LogP contribution in [0.1, 0.15) is 5.56 Å². The van der Waals surface area contributed by atoms with Gasteiger partial charge >= 0.3 is 6.18 Å². The lowest BCUT2D eigenvalue weighted by Crippen LogP contribution is -2.06. The molecule has 5 nitrogen and oxygen atoms in total. The largest absolute Gasteiger partial charge is 0.417 e. The molecule has 0 bridgehead atoms. The first-order valence-electron chi connectivity index (χ1n) is 5.35. The van der Waals surface area contributed by atoms with Gasteiger partial charge in [0.15, 0.2) is 0 Å². The van der Waals surface area contributed by atoms with Crippen molar-refractivity contribution in [2.45, 2.75) is 6.18 Å². The highest BCUT2D eigenvalue weighted by Crippen LogP contribution is 2.33. The molecule has 0 saturated carbocycles. The maximum atomic E-state index is 12.5. The van der Waals surface area contributed by atoms with Crippen LogP contribution in [0.5, 0.6) is 0 Å². The molecule has 102 valence electrons. The van der Waals surface area contributed by atoms with Gasteiger partial charge in [0.2, 0.25) is 5.82 Å². The van der Waals surface area contributed by atoms with E-state index in [1.54, 1.807) is 12.3 Å². The zero-order valence-electron chi connectivity index (χ0n) is 9.63. The normalized spacial score (nSPS) is 12.0. The fourth-order valence-electron chi connectivity index (χ4n) is 1.59. The van der Waals surface area contributed by atoms with E-state index in [0.717, 1.165) is 6.07 Å². The van der Waals surface area contributed by atoms with E-state index in [0.29, 0.717) is 12.0 Å². The lowest BCUT2D eigenvalue weighted by atomic mass is 10.2. The summed E-state index contributed by atoms with van der Waals surface area (Å²) in [6.07, 6.45) is -0.671. The molecule has 0 atom stereocenters. The Balaban J connectivity index is 2.10. The fourth-order valence-corrected chi connectivity index (χ4v) is 1.84. The van der Waals surface area contributed by atoms with E-state index in [1.165, 1.54) is 10.7 Å². The molecule has 0 radical (unpaired) electrons. The molecular formula is C11H5ClF3N5. The fraction of sp³-hybridized carbons (Fsp3) is 0.0909. The Labute approximate surface area is 115 Å². The molecule has 0 saturated heterocycles. The summed E-state index contributed by atoms with van der Waals surface area (Å²) in [4.78, 5) is 11.7. The molecule has 9 heteroatoms. The first kappa shape index (κ1) is 12.8. The third-order valence-corrected chi connectivity index (χ3v) is 2.79. The van der Waals surface area contributed by atoms with Crippen molar-refractivity contribution in [3.8, 4) is 11.5 Å². The average molecular weight is 300 g/mol. The van der Waals surface area contributed by atoms with Gasteiger partial charge in [-0.25, -0.2) is 9.50 Å². The van der Waals surface area contributed by atoms with Gasteiger partial charge in [-0.2, -0.15) is 18.2 Å². The third-order valence-electron chi connectivity index (χ3n) is 2.50. The van der Waals surface area contributed by atoms with Gasteiger partial charge < -0.3 is 0 Å². The number of nitrogens with zero attached hydrogens (tertiary/aromatic N) is 5. The maximum absolute atomic E-state index is 12.5. The van der Waals surface area contributed by atoms with Crippen molar-refractivity contribution < 1.29 is 13.2 Å². The van der Waals surface area contributed by atoms with Crippen molar-refractivity contribution in [1.29, 1.82) is 0 Å². The number of pyridine rings is 1. The molecule has 0 aliphatic heterocycles. The van der Waals surface area contributed by atoms with E-state index in [1.807, 2.05) is 0 Å². The topological polar surface area (TPSA) is 56.0 Å². The Hall–Kier alpha value is -2.22. The van der Waals surface area contributed by atoms with Crippen molar-refractivity contribution in [2.24, 2.45) is 0 Å². The summed E-state index contributed by atoms with van der Waals surface area (Å²) in [5.41, 5.74) is -0.849. The van der Waals surface area contributed by atoms with Crippen LogP contribution in [0.25, 0.3) is 17.3 Å². The average Bonchev–Trinajstić information content (AvgIpc) is 2.80. The summed E-state index contributed by atoms with van der Waals surface area (Å²) in [6, 6.07) is 2.44. The van der Waals surface area contributed by atoms with E-state index in [2.05, 4.69) is 20.1 Å². The van der Waals surface area contributed by atoms with E-state index in [-0.39, 0.29) is 16.5 Å². The molecule has 0 spiro atoms. The second-order valence-corrected chi connectivity index (χ2v) is 4.26. The molecule has 20 heavy (non-hydrogen) atoms. The first-order chi connectivity index (χ1) is 9.45. The van der Waals surface area contributed by atoms with Gasteiger partial charge in [0.1, 0.15) is 5.69 Å². The molecule has 0 N–H and O–H groups in total. The van der Waals surface area contributed by atoms with Crippen molar-refractivity contribution in [3.63, 3.8) is 0 Å². The minimum atomic E-state index is -4.50. The minimum Gasteiger partial charge on any atom is -0.251 e.